The lowest BCUT2D eigenvalue weighted by Gasteiger charge is -2.29. The molecule has 0 bridgehead atoms. The van der Waals surface area contributed by atoms with E-state index in [9.17, 15) is 18.3 Å². The molecule has 0 saturated heterocycles. The molecule has 2 aromatic carbocycles. The number of nitrogen functional groups attached to an aromatic ring is 1. The van der Waals surface area contributed by atoms with E-state index in [1.807, 2.05) is 0 Å². The van der Waals surface area contributed by atoms with Crippen LogP contribution in [0.5, 0.6) is 0 Å². The van der Waals surface area contributed by atoms with E-state index < -0.39 is 16.8 Å². The zero-order chi connectivity index (χ0) is 17.7. The maximum absolute atomic E-state index is 13.9. The zero-order valence-electron chi connectivity index (χ0n) is 13.0. The van der Waals surface area contributed by atoms with Gasteiger partial charge in [-0.3, -0.25) is 0 Å². The van der Waals surface area contributed by atoms with Crippen molar-refractivity contribution in [1.82, 2.24) is 4.98 Å². The molecule has 3 nitrogen and oxygen atoms in total. The molecule has 1 unspecified atom stereocenters. The fourth-order valence-electron chi connectivity index (χ4n) is 2.62. The molecule has 0 amide bonds. The standard InChI is InChI=1S/C17H15F3N2OS/c1-9-7-11(8-10(2)14(9)21)16(23,17(18,19)20)15-22-12-5-3-4-6-13(12)24-15/h3-8,23H,21H2,1-2H3. The van der Waals surface area contributed by atoms with E-state index in [1.165, 1.54) is 12.1 Å². The number of anilines is 1. The first-order valence-electron chi connectivity index (χ1n) is 7.17. The normalized spacial score (nSPS) is 14.8. The third-order valence-corrected chi connectivity index (χ3v) is 5.17. The maximum atomic E-state index is 13.9. The van der Waals surface area contributed by atoms with E-state index in [2.05, 4.69) is 4.98 Å². The van der Waals surface area contributed by atoms with Gasteiger partial charge in [0.2, 0.25) is 5.60 Å². The Labute approximate surface area is 140 Å². The monoisotopic (exact) mass is 352 g/mol. The summed E-state index contributed by atoms with van der Waals surface area (Å²) < 4.78 is 42.1. The number of benzene rings is 2. The third kappa shape index (κ3) is 2.44. The van der Waals surface area contributed by atoms with E-state index in [-0.39, 0.29) is 5.56 Å². The average Bonchev–Trinajstić information content (AvgIpc) is 2.94. The quantitative estimate of drug-likeness (QED) is 0.676. The summed E-state index contributed by atoms with van der Waals surface area (Å²) in [7, 11) is 0. The second-order valence-electron chi connectivity index (χ2n) is 5.72. The van der Waals surface area contributed by atoms with Crippen LogP contribution in [0.2, 0.25) is 0 Å². The van der Waals surface area contributed by atoms with Crippen molar-refractivity contribution < 1.29 is 18.3 Å². The summed E-state index contributed by atoms with van der Waals surface area (Å²) in [5.74, 6) is 0. The van der Waals surface area contributed by atoms with E-state index in [0.717, 1.165) is 11.3 Å². The van der Waals surface area contributed by atoms with E-state index in [1.54, 1.807) is 38.1 Å². The first-order chi connectivity index (χ1) is 11.1. The Hall–Kier alpha value is -2.12. The Kier molecular flexibility index (Phi) is 3.80. The van der Waals surface area contributed by atoms with Gasteiger partial charge >= 0.3 is 6.18 Å². The number of aryl methyl sites for hydroxylation is 2. The Balaban J connectivity index is 2.29. The van der Waals surface area contributed by atoms with E-state index in [0.29, 0.717) is 27.0 Å². The Bertz CT molecular complexity index is 864. The van der Waals surface area contributed by atoms with Crippen LogP contribution in [0.1, 0.15) is 21.7 Å². The molecule has 0 aliphatic heterocycles. The minimum Gasteiger partial charge on any atom is -0.398 e. The van der Waals surface area contributed by atoms with Crippen LogP contribution in [0.3, 0.4) is 0 Å². The molecule has 1 heterocycles. The maximum Gasteiger partial charge on any atom is 0.428 e. The third-order valence-electron chi connectivity index (χ3n) is 4.03. The molecule has 126 valence electrons. The molecular formula is C17H15F3N2OS. The van der Waals surface area contributed by atoms with Gasteiger partial charge in [-0.05, 0) is 37.1 Å². The largest absolute Gasteiger partial charge is 0.428 e. The van der Waals surface area contributed by atoms with E-state index in [4.69, 9.17) is 5.73 Å². The SMILES string of the molecule is Cc1cc(C(O)(c2nc3ccccc3s2)C(F)(F)F)cc(C)c1N. The van der Waals surface area contributed by atoms with Crippen molar-refractivity contribution in [2.75, 3.05) is 5.73 Å². The number of nitrogens with zero attached hydrogens (tertiary/aromatic N) is 1. The molecule has 1 atom stereocenters. The lowest BCUT2D eigenvalue weighted by atomic mass is 9.90. The van der Waals surface area contributed by atoms with Crippen LogP contribution >= 0.6 is 11.3 Å². The summed E-state index contributed by atoms with van der Waals surface area (Å²) >= 11 is 0.829. The topological polar surface area (TPSA) is 59.1 Å². The molecule has 0 aliphatic rings. The number of alkyl halides is 3. The lowest BCUT2D eigenvalue weighted by molar-refractivity contribution is -0.248. The lowest BCUT2D eigenvalue weighted by Crippen LogP contribution is -2.43. The molecule has 1 aromatic heterocycles. The number of hydrogen-bond donors (Lipinski definition) is 2. The van der Waals surface area contributed by atoms with Crippen molar-refractivity contribution in [3.63, 3.8) is 0 Å². The predicted octanol–water partition coefficient (Wildman–Crippen LogP) is 4.29. The molecule has 7 heteroatoms. The Morgan fingerprint density at radius 2 is 1.67 bits per heavy atom. The van der Waals surface area contributed by atoms with Gasteiger partial charge in [-0.1, -0.05) is 24.3 Å². The molecule has 0 radical (unpaired) electrons. The number of hydrogen-bond acceptors (Lipinski definition) is 4. The highest BCUT2D eigenvalue weighted by molar-refractivity contribution is 7.18. The number of aliphatic hydroxyl groups is 1. The highest BCUT2D eigenvalue weighted by Crippen LogP contribution is 2.47. The molecule has 3 rings (SSSR count). The van der Waals surface area contributed by atoms with Crippen LogP contribution in [0.15, 0.2) is 36.4 Å². The summed E-state index contributed by atoms with van der Waals surface area (Å²) in [6.45, 7) is 3.22. The second-order valence-corrected chi connectivity index (χ2v) is 6.75. The van der Waals surface area contributed by atoms with Gasteiger partial charge in [-0.25, -0.2) is 4.98 Å². The fraction of sp³-hybridized carbons (Fsp3) is 0.235. The Morgan fingerprint density at radius 3 is 2.21 bits per heavy atom. The number of fused-ring (bicyclic) bond motifs is 1. The van der Waals surface area contributed by atoms with Gasteiger partial charge in [0, 0.05) is 11.3 Å². The van der Waals surface area contributed by atoms with Crippen LogP contribution in [0.4, 0.5) is 18.9 Å². The highest BCUT2D eigenvalue weighted by Gasteiger charge is 2.58. The van der Waals surface area contributed by atoms with Gasteiger partial charge < -0.3 is 10.8 Å². The minimum atomic E-state index is -4.92. The Morgan fingerprint density at radius 1 is 1.08 bits per heavy atom. The number of halogens is 3. The molecule has 0 aliphatic carbocycles. The summed E-state index contributed by atoms with van der Waals surface area (Å²) in [6, 6.07) is 9.23. The van der Waals surface area contributed by atoms with Gasteiger partial charge in [0.15, 0.2) is 0 Å². The second kappa shape index (κ2) is 5.46. The van der Waals surface area contributed by atoms with Gasteiger partial charge in [0.1, 0.15) is 5.01 Å². The summed E-state index contributed by atoms with van der Waals surface area (Å²) in [5.41, 5.74) is 4.16. The number of para-hydroxylation sites is 1. The van der Waals surface area contributed by atoms with Crippen molar-refractivity contribution >= 4 is 27.2 Å². The van der Waals surface area contributed by atoms with Gasteiger partial charge in [0.05, 0.1) is 10.2 Å². The molecule has 0 saturated carbocycles. The fourth-order valence-corrected chi connectivity index (χ4v) is 3.72. The number of thiazole rings is 1. The van der Waals surface area contributed by atoms with Gasteiger partial charge in [0.25, 0.3) is 0 Å². The van der Waals surface area contributed by atoms with Crippen LogP contribution in [0.25, 0.3) is 10.2 Å². The highest BCUT2D eigenvalue weighted by atomic mass is 32.1. The van der Waals surface area contributed by atoms with Crippen molar-refractivity contribution in [3.05, 3.63) is 58.1 Å². The summed E-state index contributed by atoms with van der Waals surface area (Å²) in [4.78, 5) is 4.03. The molecule has 24 heavy (non-hydrogen) atoms. The molecule has 3 N–H and O–H groups in total. The van der Waals surface area contributed by atoms with Gasteiger partial charge in [-0.15, -0.1) is 11.3 Å². The van der Waals surface area contributed by atoms with Crippen molar-refractivity contribution in [2.45, 2.75) is 25.6 Å². The molecule has 0 spiro atoms. The molecule has 3 aromatic rings. The number of rotatable bonds is 2. The average molecular weight is 352 g/mol. The molecule has 0 fully saturated rings. The predicted molar refractivity (Wildman–Crippen MR) is 89.0 cm³/mol. The van der Waals surface area contributed by atoms with Crippen LogP contribution in [0, 0.1) is 13.8 Å². The summed E-state index contributed by atoms with van der Waals surface area (Å²) in [6.07, 6.45) is -4.92. The number of nitrogens with two attached hydrogens (primary N) is 1. The van der Waals surface area contributed by atoms with Gasteiger partial charge in [-0.2, -0.15) is 13.2 Å². The van der Waals surface area contributed by atoms with Crippen LogP contribution in [-0.2, 0) is 5.60 Å². The van der Waals surface area contributed by atoms with E-state index >= 15 is 0 Å². The minimum absolute atomic E-state index is 0.279. The zero-order valence-corrected chi connectivity index (χ0v) is 13.8. The van der Waals surface area contributed by atoms with Crippen LogP contribution < -0.4 is 5.73 Å². The number of aromatic nitrogens is 1. The molecular weight excluding hydrogens is 337 g/mol. The first kappa shape index (κ1) is 16.7. The van der Waals surface area contributed by atoms with Crippen molar-refractivity contribution in [1.29, 1.82) is 0 Å². The summed E-state index contributed by atoms with van der Waals surface area (Å²) in [5, 5.41) is 10.3. The van der Waals surface area contributed by atoms with Crippen LogP contribution in [-0.4, -0.2) is 16.3 Å². The first-order valence-corrected chi connectivity index (χ1v) is 7.98. The van der Waals surface area contributed by atoms with Crippen molar-refractivity contribution in [3.8, 4) is 0 Å². The smallest absolute Gasteiger partial charge is 0.398 e. The van der Waals surface area contributed by atoms with Crippen molar-refractivity contribution in [2.24, 2.45) is 0 Å².